The molecule has 0 atom stereocenters. The van der Waals surface area contributed by atoms with Crippen molar-refractivity contribution >= 4 is 17.5 Å². The third kappa shape index (κ3) is 5.48. The van der Waals surface area contributed by atoms with Crippen LogP contribution in [-0.2, 0) is 9.59 Å². The maximum absolute atomic E-state index is 11.5. The van der Waals surface area contributed by atoms with Gasteiger partial charge in [0.15, 0.2) is 0 Å². The second kappa shape index (κ2) is 8.28. The fraction of sp³-hybridized carbons (Fsp3) is 0.429. The van der Waals surface area contributed by atoms with E-state index in [2.05, 4.69) is 17.6 Å². The van der Waals surface area contributed by atoms with Crippen LogP contribution in [0, 0.1) is 0 Å². The van der Waals surface area contributed by atoms with E-state index >= 15 is 0 Å². The van der Waals surface area contributed by atoms with E-state index in [0.29, 0.717) is 12.2 Å². The average Bonchev–Trinajstić information content (AvgIpc) is 2.39. The number of hydrogen-bond acceptors (Lipinski definition) is 2. The van der Waals surface area contributed by atoms with Gasteiger partial charge in [-0.15, -0.1) is 0 Å². The number of carbonyl (C=O) groups excluding carboxylic acids is 2. The number of nitrogens with one attached hydrogen (secondary N) is 2. The van der Waals surface area contributed by atoms with E-state index in [4.69, 9.17) is 0 Å². The van der Waals surface area contributed by atoms with Crippen molar-refractivity contribution in [3.05, 3.63) is 30.3 Å². The topological polar surface area (TPSA) is 58.2 Å². The highest BCUT2D eigenvalue weighted by Crippen LogP contribution is 2.04. The molecule has 98 valence electrons. The molecule has 1 rings (SSSR count). The number of benzene rings is 1. The molecule has 0 fully saturated rings. The molecule has 1 aromatic carbocycles. The summed E-state index contributed by atoms with van der Waals surface area (Å²) in [4.78, 5) is 23.0. The van der Waals surface area contributed by atoms with Gasteiger partial charge in [0.1, 0.15) is 0 Å². The van der Waals surface area contributed by atoms with Crippen molar-refractivity contribution in [3.63, 3.8) is 0 Å². The summed E-state index contributed by atoms with van der Waals surface area (Å²) in [7, 11) is 0. The minimum Gasteiger partial charge on any atom is -0.348 e. The number of rotatable bonds is 6. The number of amides is 2. The maximum Gasteiger partial charge on any atom is 0.313 e. The second-order valence-corrected chi connectivity index (χ2v) is 4.14. The third-order valence-corrected chi connectivity index (χ3v) is 2.55. The van der Waals surface area contributed by atoms with Gasteiger partial charge in [-0.1, -0.05) is 44.4 Å². The Morgan fingerprint density at radius 2 is 1.72 bits per heavy atom. The number of hydrogen-bond donors (Lipinski definition) is 2. The van der Waals surface area contributed by atoms with Gasteiger partial charge in [0.2, 0.25) is 0 Å². The molecule has 2 N–H and O–H groups in total. The molecule has 0 aliphatic rings. The van der Waals surface area contributed by atoms with Gasteiger partial charge in [0.25, 0.3) is 0 Å². The second-order valence-electron chi connectivity index (χ2n) is 4.14. The predicted octanol–water partition coefficient (Wildman–Crippen LogP) is 2.32. The van der Waals surface area contributed by atoms with Crippen LogP contribution in [0.2, 0.25) is 0 Å². The SMILES string of the molecule is CCCCCCNC(=O)C(=O)Nc1ccccc1. The number of unbranched alkanes of at least 4 members (excludes halogenated alkanes) is 3. The van der Waals surface area contributed by atoms with Crippen molar-refractivity contribution in [3.8, 4) is 0 Å². The molecule has 0 heterocycles. The summed E-state index contributed by atoms with van der Waals surface area (Å²) in [5.41, 5.74) is 0.628. The first-order chi connectivity index (χ1) is 8.74. The molecule has 0 spiro atoms. The molecule has 18 heavy (non-hydrogen) atoms. The first-order valence-corrected chi connectivity index (χ1v) is 6.38. The molecule has 0 saturated heterocycles. The lowest BCUT2D eigenvalue weighted by atomic mass is 10.2. The lowest BCUT2D eigenvalue weighted by Crippen LogP contribution is -2.35. The minimum atomic E-state index is -0.614. The Morgan fingerprint density at radius 1 is 1.00 bits per heavy atom. The van der Waals surface area contributed by atoms with Crippen LogP contribution in [0.1, 0.15) is 32.6 Å². The molecule has 4 heteroatoms. The van der Waals surface area contributed by atoms with Gasteiger partial charge >= 0.3 is 11.8 Å². The van der Waals surface area contributed by atoms with Gasteiger partial charge in [-0.05, 0) is 18.6 Å². The Labute approximate surface area is 108 Å². The van der Waals surface area contributed by atoms with Crippen LogP contribution in [0.4, 0.5) is 5.69 Å². The monoisotopic (exact) mass is 248 g/mol. The van der Waals surface area contributed by atoms with Crippen LogP contribution in [0.15, 0.2) is 30.3 Å². The van der Waals surface area contributed by atoms with Gasteiger partial charge in [-0.3, -0.25) is 9.59 Å². The van der Waals surface area contributed by atoms with Gasteiger partial charge in [0, 0.05) is 12.2 Å². The van der Waals surface area contributed by atoms with Crippen molar-refractivity contribution in [2.75, 3.05) is 11.9 Å². The van der Waals surface area contributed by atoms with E-state index < -0.39 is 11.8 Å². The van der Waals surface area contributed by atoms with Crippen molar-refractivity contribution in [2.24, 2.45) is 0 Å². The molecule has 4 nitrogen and oxygen atoms in total. The number of para-hydroxylation sites is 1. The zero-order chi connectivity index (χ0) is 13.2. The van der Waals surface area contributed by atoms with Gasteiger partial charge < -0.3 is 10.6 Å². The zero-order valence-corrected chi connectivity index (χ0v) is 10.7. The molecule has 0 radical (unpaired) electrons. The molecule has 2 amide bonds. The van der Waals surface area contributed by atoms with Crippen molar-refractivity contribution in [1.29, 1.82) is 0 Å². The highest BCUT2D eigenvalue weighted by molar-refractivity contribution is 6.39. The first-order valence-electron chi connectivity index (χ1n) is 6.38. The fourth-order valence-corrected chi connectivity index (χ4v) is 1.54. The Bertz CT molecular complexity index is 377. The fourth-order valence-electron chi connectivity index (χ4n) is 1.54. The summed E-state index contributed by atoms with van der Waals surface area (Å²) < 4.78 is 0. The normalized spacial score (nSPS) is 9.83. The summed E-state index contributed by atoms with van der Waals surface area (Å²) >= 11 is 0. The minimum absolute atomic E-state index is 0.557. The number of carbonyl (C=O) groups is 2. The molecular formula is C14H20N2O2. The van der Waals surface area contributed by atoms with Gasteiger partial charge in [-0.2, -0.15) is 0 Å². The van der Waals surface area contributed by atoms with E-state index in [0.717, 1.165) is 25.7 Å². The molecule has 0 aliphatic carbocycles. The Balaban J connectivity index is 2.23. The van der Waals surface area contributed by atoms with Crippen LogP contribution in [0.3, 0.4) is 0 Å². The van der Waals surface area contributed by atoms with E-state index in [9.17, 15) is 9.59 Å². The van der Waals surface area contributed by atoms with Crippen LogP contribution in [-0.4, -0.2) is 18.4 Å². The van der Waals surface area contributed by atoms with Crippen LogP contribution in [0.5, 0.6) is 0 Å². The summed E-state index contributed by atoms with van der Waals surface area (Å²) in [6.45, 7) is 2.69. The average molecular weight is 248 g/mol. The largest absolute Gasteiger partial charge is 0.348 e. The summed E-state index contributed by atoms with van der Waals surface area (Å²) in [6.07, 6.45) is 4.31. The number of anilines is 1. The van der Waals surface area contributed by atoms with Gasteiger partial charge in [-0.25, -0.2) is 0 Å². The quantitative estimate of drug-likeness (QED) is 0.599. The predicted molar refractivity (Wildman–Crippen MR) is 72.2 cm³/mol. The van der Waals surface area contributed by atoms with E-state index in [1.807, 2.05) is 6.07 Å². The van der Waals surface area contributed by atoms with Crippen LogP contribution >= 0.6 is 0 Å². The van der Waals surface area contributed by atoms with E-state index in [1.165, 1.54) is 0 Å². The lowest BCUT2D eigenvalue weighted by molar-refractivity contribution is -0.136. The Morgan fingerprint density at radius 3 is 2.39 bits per heavy atom. The Hall–Kier alpha value is -1.84. The smallest absolute Gasteiger partial charge is 0.313 e. The lowest BCUT2D eigenvalue weighted by Gasteiger charge is -2.06. The molecule has 0 unspecified atom stereocenters. The van der Waals surface area contributed by atoms with Crippen molar-refractivity contribution in [2.45, 2.75) is 32.6 Å². The van der Waals surface area contributed by atoms with E-state index in [1.54, 1.807) is 24.3 Å². The van der Waals surface area contributed by atoms with Gasteiger partial charge in [0.05, 0.1) is 0 Å². The zero-order valence-electron chi connectivity index (χ0n) is 10.7. The summed E-state index contributed by atoms with van der Waals surface area (Å²) in [5.74, 6) is -1.19. The highest BCUT2D eigenvalue weighted by Gasteiger charge is 2.12. The molecule has 0 aliphatic heterocycles. The molecule has 0 bridgehead atoms. The van der Waals surface area contributed by atoms with Crippen molar-refractivity contribution < 1.29 is 9.59 Å². The molecule has 1 aromatic rings. The molecular weight excluding hydrogens is 228 g/mol. The summed E-state index contributed by atoms with van der Waals surface area (Å²) in [6, 6.07) is 8.94. The molecule has 0 saturated carbocycles. The third-order valence-electron chi connectivity index (χ3n) is 2.55. The summed E-state index contributed by atoms with van der Waals surface area (Å²) in [5, 5.41) is 5.15. The van der Waals surface area contributed by atoms with Crippen LogP contribution < -0.4 is 10.6 Å². The Kier molecular flexibility index (Phi) is 6.54. The van der Waals surface area contributed by atoms with Crippen LogP contribution in [0.25, 0.3) is 0 Å². The standard InChI is InChI=1S/C14H20N2O2/c1-2-3-4-8-11-15-13(17)14(18)16-12-9-6-5-7-10-12/h5-7,9-10H,2-4,8,11H2,1H3,(H,15,17)(H,16,18). The molecule has 0 aromatic heterocycles. The van der Waals surface area contributed by atoms with E-state index in [-0.39, 0.29) is 0 Å². The maximum atomic E-state index is 11.5. The van der Waals surface area contributed by atoms with Crippen molar-refractivity contribution in [1.82, 2.24) is 5.32 Å². The highest BCUT2D eigenvalue weighted by atomic mass is 16.2. The first kappa shape index (κ1) is 14.2.